The summed E-state index contributed by atoms with van der Waals surface area (Å²) >= 11 is 0. The number of aliphatic hydroxyl groups excluding tert-OH is 2. The van der Waals surface area contributed by atoms with Crippen LogP contribution in [0.15, 0.2) is 48.1 Å². The Hall–Kier alpha value is -1.77. The van der Waals surface area contributed by atoms with Crippen molar-refractivity contribution in [3.63, 3.8) is 0 Å². The molecule has 0 amide bonds. The van der Waals surface area contributed by atoms with E-state index in [1.54, 1.807) is 38.2 Å². The molecule has 2 heterocycles. The predicted octanol–water partition coefficient (Wildman–Crippen LogP) is 4.36. The summed E-state index contributed by atoms with van der Waals surface area (Å²) < 4.78 is 11.9. The number of ether oxygens (including phenoxy) is 2. The summed E-state index contributed by atoms with van der Waals surface area (Å²) in [6.07, 6.45) is 9.00. The number of hydrogen-bond donors (Lipinski definition) is 4. The van der Waals surface area contributed by atoms with E-state index in [1.807, 2.05) is 20.8 Å². The molecule has 0 saturated carbocycles. The SMILES string of the molecule is C=C1C[C@@H]2C/C=C/[C@H](O)[C@H](C)C(C)=CC(=O)O[C@H](CCC(C)C(C)O)[C@@H](C)C/C=C/[C@@](C)(O)[C@](O)(C1)O2. The highest BCUT2D eigenvalue weighted by Gasteiger charge is 2.49. The van der Waals surface area contributed by atoms with Gasteiger partial charge in [-0.2, -0.15) is 0 Å². The smallest absolute Gasteiger partial charge is 0.330 e. The largest absolute Gasteiger partial charge is 0.459 e. The van der Waals surface area contributed by atoms with Gasteiger partial charge in [-0.05, 0) is 64.7 Å². The first kappa shape index (κ1) is 31.4. The molecule has 0 aromatic carbocycles. The van der Waals surface area contributed by atoms with Crippen molar-refractivity contribution in [1.29, 1.82) is 0 Å². The maximum Gasteiger partial charge on any atom is 0.330 e. The second kappa shape index (κ2) is 13.3. The number of carbonyl (C=O) groups excluding carboxylic acids is 1. The number of aliphatic hydroxyl groups is 4. The molecule has 0 radical (unpaired) electrons. The standard InChI is InChI=1S/C30H48O7/c1-19-16-25-11-8-12-26(32)23(5)22(4)17-28(33)36-27(14-13-20(2)24(6)31)21(3)10-9-15-29(7,34)30(35,18-19)37-25/h8-9,12,15,17,20-21,23-27,31-32,34-35H,1,10-11,13-14,16,18H2,2-7H3/b12-8+,15-9+,22-17?/t20?,21-,23+,24?,25-,26-,27+,29+,30-/m0/s1. The topological polar surface area (TPSA) is 116 Å². The molecule has 9 atom stereocenters. The number of esters is 1. The van der Waals surface area contributed by atoms with Gasteiger partial charge < -0.3 is 29.9 Å². The van der Waals surface area contributed by atoms with Crippen LogP contribution in [0.4, 0.5) is 0 Å². The van der Waals surface area contributed by atoms with Crippen LogP contribution >= 0.6 is 0 Å². The van der Waals surface area contributed by atoms with Crippen molar-refractivity contribution in [2.75, 3.05) is 0 Å². The van der Waals surface area contributed by atoms with Gasteiger partial charge in [-0.15, -0.1) is 0 Å². The monoisotopic (exact) mass is 520 g/mol. The van der Waals surface area contributed by atoms with Crippen molar-refractivity contribution in [3.8, 4) is 0 Å². The quantitative estimate of drug-likeness (QED) is 0.322. The van der Waals surface area contributed by atoms with Crippen molar-refractivity contribution < 1.29 is 34.7 Å². The molecule has 1 fully saturated rings. The highest BCUT2D eigenvalue weighted by molar-refractivity contribution is 5.83. The predicted molar refractivity (Wildman–Crippen MR) is 144 cm³/mol. The van der Waals surface area contributed by atoms with Crippen LogP contribution < -0.4 is 0 Å². The Morgan fingerprint density at radius 3 is 2.51 bits per heavy atom. The average Bonchev–Trinajstić information content (AvgIpc) is 2.79. The zero-order valence-corrected chi connectivity index (χ0v) is 23.4. The maximum absolute atomic E-state index is 12.8. The van der Waals surface area contributed by atoms with Crippen LogP contribution in [0.3, 0.4) is 0 Å². The van der Waals surface area contributed by atoms with Gasteiger partial charge in [-0.1, -0.05) is 62.8 Å². The number of allylic oxidation sites excluding steroid dienone is 1. The lowest BCUT2D eigenvalue weighted by Crippen LogP contribution is -2.56. The fourth-order valence-corrected chi connectivity index (χ4v) is 4.75. The zero-order valence-electron chi connectivity index (χ0n) is 23.4. The Bertz CT molecular complexity index is 871. The van der Waals surface area contributed by atoms with E-state index in [2.05, 4.69) is 6.58 Å². The summed E-state index contributed by atoms with van der Waals surface area (Å²) in [6.45, 7) is 14.9. The van der Waals surface area contributed by atoms with E-state index in [4.69, 9.17) is 9.47 Å². The molecule has 7 heteroatoms. The van der Waals surface area contributed by atoms with Crippen LogP contribution in [0.1, 0.15) is 80.1 Å². The third-order valence-corrected chi connectivity index (χ3v) is 8.05. The molecule has 2 aliphatic rings. The summed E-state index contributed by atoms with van der Waals surface area (Å²) in [6, 6.07) is 0. The lowest BCUT2D eigenvalue weighted by molar-refractivity contribution is -0.305. The van der Waals surface area contributed by atoms with Crippen molar-refractivity contribution in [2.24, 2.45) is 17.8 Å². The minimum absolute atomic E-state index is 0.0493. The molecular formula is C30H48O7. The molecular weight excluding hydrogens is 472 g/mol. The first-order valence-electron chi connectivity index (χ1n) is 13.5. The third-order valence-electron chi connectivity index (χ3n) is 8.05. The Morgan fingerprint density at radius 2 is 1.86 bits per heavy atom. The minimum atomic E-state index is -1.84. The van der Waals surface area contributed by atoms with Crippen LogP contribution in [0.25, 0.3) is 0 Å². The van der Waals surface area contributed by atoms with E-state index >= 15 is 0 Å². The first-order chi connectivity index (χ1) is 17.1. The summed E-state index contributed by atoms with van der Waals surface area (Å²) in [5.74, 6) is -2.64. The van der Waals surface area contributed by atoms with Crippen LogP contribution in [0.5, 0.6) is 0 Å². The van der Waals surface area contributed by atoms with Gasteiger partial charge in [0.15, 0.2) is 0 Å². The molecule has 2 unspecified atom stereocenters. The van der Waals surface area contributed by atoms with Gasteiger partial charge in [0.05, 0.1) is 18.3 Å². The second-order valence-corrected chi connectivity index (χ2v) is 11.5. The van der Waals surface area contributed by atoms with Crippen LogP contribution in [0, 0.1) is 17.8 Å². The van der Waals surface area contributed by atoms with Gasteiger partial charge in [0.2, 0.25) is 5.79 Å². The molecule has 7 nitrogen and oxygen atoms in total. The van der Waals surface area contributed by atoms with Gasteiger partial charge in [0.1, 0.15) is 11.7 Å². The van der Waals surface area contributed by atoms with Gasteiger partial charge >= 0.3 is 5.97 Å². The Balaban J connectivity index is 2.38. The average molecular weight is 521 g/mol. The van der Waals surface area contributed by atoms with E-state index < -0.39 is 41.8 Å². The minimum Gasteiger partial charge on any atom is -0.459 e. The van der Waals surface area contributed by atoms with Crippen molar-refractivity contribution in [1.82, 2.24) is 0 Å². The van der Waals surface area contributed by atoms with Crippen molar-refractivity contribution in [2.45, 2.75) is 116 Å². The molecule has 4 N–H and O–H groups in total. The van der Waals surface area contributed by atoms with Gasteiger partial charge in [0.25, 0.3) is 0 Å². The normalized spacial score (nSPS) is 39.9. The molecule has 210 valence electrons. The first-order valence-corrected chi connectivity index (χ1v) is 13.5. The van der Waals surface area contributed by atoms with Crippen LogP contribution in [-0.2, 0) is 14.3 Å². The lowest BCUT2D eigenvalue weighted by Gasteiger charge is -2.45. The Kier molecular flexibility index (Phi) is 11.3. The van der Waals surface area contributed by atoms with Crippen molar-refractivity contribution in [3.05, 3.63) is 48.1 Å². The van der Waals surface area contributed by atoms with E-state index in [0.29, 0.717) is 37.7 Å². The molecule has 2 aliphatic heterocycles. The fourth-order valence-electron chi connectivity index (χ4n) is 4.75. The highest BCUT2D eigenvalue weighted by atomic mass is 16.6. The van der Waals surface area contributed by atoms with Gasteiger partial charge in [0, 0.05) is 18.4 Å². The Morgan fingerprint density at radius 1 is 1.19 bits per heavy atom. The summed E-state index contributed by atoms with van der Waals surface area (Å²) in [5, 5.41) is 43.1. The highest BCUT2D eigenvalue weighted by Crippen LogP contribution is 2.39. The van der Waals surface area contributed by atoms with E-state index in [-0.39, 0.29) is 24.2 Å². The lowest BCUT2D eigenvalue weighted by atomic mass is 9.83. The number of rotatable bonds is 4. The molecule has 0 aromatic heterocycles. The molecule has 2 rings (SSSR count). The second-order valence-electron chi connectivity index (χ2n) is 11.5. The van der Waals surface area contributed by atoms with E-state index in [0.717, 1.165) is 5.57 Å². The fraction of sp³-hybridized carbons (Fsp3) is 0.700. The van der Waals surface area contributed by atoms with E-state index in [9.17, 15) is 25.2 Å². The van der Waals surface area contributed by atoms with Crippen LogP contribution in [0.2, 0.25) is 0 Å². The zero-order chi connectivity index (χ0) is 28.0. The van der Waals surface area contributed by atoms with Gasteiger partial charge in [-0.25, -0.2) is 4.79 Å². The summed E-state index contributed by atoms with van der Waals surface area (Å²) in [4.78, 5) is 12.8. The molecule has 0 aromatic rings. The van der Waals surface area contributed by atoms with Crippen molar-refractivity contribution >= 4 is 5.97 Å². The molecule has 0 aliphatic carbocycles. The molecule has 1 saturated heterocycles. The number of cyclic esters (lactones) is 1. The molecule has 2 bridgehead atoms. The summed E-state index contributed by atoms with van der Waals surface area (Å²) in [5.41, 5.74) is -0.181. The molecule has 0 spiro atoms. The number of hydrogen-bond acceptors (Lipinski definition) is 7. The summed E-state index contributed by atoms with van der Waals surface area (Å²) in [7, 11) is 0. The Labute approximate surface area is 222 Å². The number of fused-ring (bicyclic) bond motifs is 2. The molecule has 37 heavy (non-hydrogen) atoms. The van der Waals surface area contributed by atoms with Gasteiger partial charge in [-0.3, -0.25) is 0 Å². The van der Waals surface area contributed by atoms with Crippen LogP contribution in [-0.4, -0.2) is 62.2 Å². The number of carbonyl (C=O) groups is 1. The maximum atomic E-state index is 12.8. The van der Waals surface area contributed by atoms with E-state index in [1.165, 1.54) is 13.0 Å². The third kappa shape index (κ3) is 8.89.